The zero-order chi connectivity index (χ0) is 19.2. The zero-order valence-corrected chi connectivity index (χ0v) is 15.7. The molecule has 0 aliphatic carbocycles. The van der Waals surface area contributed by atoms with Crippen LogP contribution in [0.4, 0.5) is 11.5 Å². The number of aryl methyl sites for hydroxylation is 1. The summed E-state index contributed by atoms with van der Waals surface area (Å²) in [7, 11) is 1.59. The van der Waals surface area contributed by atoms with E-state index >= 15 is 0 Å². The van der Waals surface area contributed by atoms with Gasteiger partial charge in [-0.1, -0.05) is 29.8 Å². The molecule has 0 unspecified atom stereocenters. The number of carbonyl (C=O) groups is 1. The standard InChI is InChI=1S/C20H19ClN4O2/c1-13-23-18(20(26)25-15-7-9-16(27-2)10-8-15)11-19(24-13)22-12-14-5-3-4-6-17(14)21/h3-11H,12H2,1-2H3,(H,25,26)(H,22,23,24). The first-order valence-corrected chi connectivity index (χ1v) is 8.71. The van der Waals surface area contributed by atoms with E-state index in [1.165, 1.54) is 0 Å². The molecule has 138 valence electrons. The Morgan fingerprint density at radius 2 is 1.85 bits per heavy atom. The summed E-state index contributed by atoms with van der Waals surface area (Å²) < 4.78 is 5.11. The minimum Gasteiger partial charge on any atom is -0.497 e. The van der Waals surface area contributed by atoms with Crippen LogP contribution in [-0.4, -0.2) is 23.0 Å². The molecule has 0 fully saturated rings. The van der Waals surface area contributed by atoms with E-state index in [1.54, 1.807) is 44.4 Å². The van der Waals surface area contributed by atoms with Gasteiger partial charge in [0.15, 0.2) is 0 Å². The second-order valence-corrected chi connectivity index (χ2v) is 6.22. The molecular weight excluding hydrogens is 364 g/mol. The number of nitrogens with zero attached hydrogens (tertiary/aromatic N) is 2. The minimum absolute atomic E-state index is 0.278. The summed E-state index contributed by atoms with van der Waals surface area (Å²) in [6.07, 6.45) is 0. The fraction of sp³-hybridized carbons (Fsp3) is 0.150. The number of halogens is 1. The van der Waals surface area contributed by atoms with E-state index in [2.05, 4.69) is 20.6 Å². The second kappa shape index (κ2) is 8.51. The van der Waals surface area contributed by atoms with Crippen molar-refractivity contribution in [1.29, 1.82) is 0 Å². The first-order chi connectivity index (χ1) is 13.0. The normalized spacial score (nSPS) is 10.3. The van der Waals surface area contributed by atoms with Crippen molar-refractivity contribution in [3.63, 3.8) is 0 Å². The molecule has 1 amide bonds. The lowest BCUT2D eigenvalue weighted by Crippen LogP contribution is -2.15. The van der Waals surface area contributed by atoms with E-state index in [4.69, 9.17) is 16.3 Å². The Bertz CT molecular complexity index is 945. The zero-order valence-electron chi connectivity index (χ0n) is 15.0. The van der Waals surface area contributed by atoms with Gasteiger partial charge in [0.25, 0.3) is 5.91 Å². The number of nitrogens with one attached hydrogen (secondary N) is 2. The molecule has 6 nitrogen and oxygen atoms in total. The molecule has 3 rings (SSSR count). The smallest absolute Gasteiger partial charge is 0.274 e. The molecule has 0 saturated heterocycles. The largest absolute Gasteiger partial charge is 0.497 e. The molecule has 2 aromatic carbocycles. The molecule has 0 aliphatic heterocycles. The predicted octanol–water partition coefficient (Wildman–Crippen LogP) is 4.31. The van der Waals surface area contributed by atoms with Crippen LogP contribution in [0.25, 0.3) is 0 Å². The SMILES string of the molecule is COc1ccc(NC(=O)c2cc(NCc3ccccc3Cl)nc(C)n2)cc1. The monoisotopic (exact) mass is 382 g/mol. The summed E-state index contributed by atoms with van der Waals surface area (Å²) in [6, 6.07) is 16.3. The van der Waals surface area contributed by atoms with Crippen molar-refractivity contribution in [2.24, 2.45) is 0 Å². The topological polar surface area (TPSA) is 76.1 Å². The van der Waals surface area contributed by atoms with Gasteiger partial charge in [0.2, 0.25) is 0 Å². The highest BCUT2D eigenvalue weighted by atomic mass is 35.5. The molecule has 7 heteroatoms. The summed E-state index contributed by atoms with van der Waals surface area (Å²) in [6.45, 7) is 2.24. The first-order valence-electron chi connectivity index (χ1n) is 8.33. The average molecular weight is 383 g/mol. The van der Waals surface area contributed by atoms with Crippen molar-refractivity contribution in [3.8, 4) is 5.75 Å². The number of ether oxygens (including phenoxy) is 1. The Hall–Kier alpha value is -3.12. The van der Waals surface area contributed by atoms with Crippen LogP contribution in [0.5, 0.6) is 5.75 Å². The Balaban J connectivity index is 1.71. The fourth-order valence-corrected chi connectivity index (χ4v) is 2.67. The van der Waals surface area contributed by atoms with Crippen molar-refractivity contribution in [2.45, 2.75) is 13.5 Å². The van der Waals surface area contributed by atoms with Crippen LogP contribution in [0.15, 0.2) is 54.6 Å². The summed E-state index contributed by atoms with van der Waals surface area (Å²) in [5, 5.41) is 6.67. The Labute approximate surface area is 162 Å². The van der Waals surface area contributed by atoms with Crippen molar-refractivity contribution in [2.75, 3.05) is 17.7 Å². The lowest BCUT2D eigenvalue weighted by atomic mass is 10.2. The first kappa shape index (κ1) is 18.7. The van der Waals surface area contributed by atoms with Crippen LogP contribution in [0, 0.1) is 6.92 Å². The molecule has 0 aliphatic rings. The molecule has 1 aromatic heterocycles. The highest BCUT2D eigenvalue weighted by Crippen LogP contribution is 2.18. The van der Waals surface area contributed by atoms with Gasteiger partial charge in [-0.2, -0.15) is 0 Å². The van der Waals surface area contributed by atoms with E-state index in [0.29, 0.717) is 28.9 Å². The van der Waals surface area contributed by atoms with Crippen molar-refractivity contribution in [3.05, 3.63) is 76.7 Å². The minimum atomic E-state index is -0.313. The van der Waals surface area contributed by atoms with E-state index in [1.807, 2.05) is 24.3 Å². The van der Waals surface area contributed by atoms with Gasteiger partial charge in [0, 0.05) is 23.3 Å². The second-order valence-electron chi connectivity index (χ2n) is 5.81. The van der Waals surface area contributed by atoms with Crippen LogP contribution in [0.2, 0.25) is 5.02 Å². The number of methoxy groups -OCH3 is 1. The summed E-state index contributed by atoms with van der Waals surface area (Å²) >= 11 is 6.17. The molecule has 2 N–H and O–H groups in total. The lowest BCUT2D eigenvalue weighted by molar-refractivity contribution is 0.102. The molecule has 3 aromatic rings. The fourth-order valence-electron chi connectivity index (χ4n) is 2.47. The van der Waals surface area contributed by atoms with Crippen LogP contribution in [0.1, 0.15) is 21.9 Å². The molecule has 1 heterocycles. The maximum atomic E-state index is 12.5. The number of aromatic nitrogens is 2. The number of hydrogen-bond acceptors (Lipinski definition) is 5. The van der Waals surface area contributed by atoms with Gasteiger partial charge in [-0.3, -0.25) is 4.79 Å². The van der Waals surface area contributed by atoms with E-state index in [0.717, 1.165) is 11.3 Å². The third kappa shape index (κ3) is 4.95. The molecule has 27 heavy (non-hydrogen) atoms. The van der Waals surface area contributed by atoms with Crippen molar-refractivity contribution < 1.29 is 9.53 Å². The Morgan fingerprint density at radius 3 is 2.56 bits per heavy atom. The highest BCUT2D eigenvalue weighted by molar-refractivity contribution is 6.31. The van der Waals surface area contributed by atoms with Crippen molar-refractivity contribution in [1.82, 2.24) is 9.97 Å². The molecule has 0 spiro atoms. The van der Waals surface area contributed by atoms with Crippen molar-refractivity contribution >= 4 is 29.0 Å². The Kier molecular flexibility index (Phi) is 5.88. The van der Waals surface area contributed by atoms with Gasteiger partial charge in [0.05, 0.1) is 7.11 Å². The van der Waals surface area contributed by atoms with Gasteiger partial charge < -0.3 is 15.4 Å². The molecule has 0 radical (unpaired) electrons. The molecular formula is C20H19ClN4O2. The number of anilines is 2. The molecule has 0 bridgehead atoms. The highest BCUT2D eigenvalue weighted by Gasteiger charge is 2.11. The van der Waals surface area contributed by atoms with Gasteiger partial charge in [-0.05, 0) is 42.8 Å². The van der Waals surface area contributed by atoms with Gasteiger partial charge >= 0.3 is 0 Å². The number of rotatable bonds is 6. The van der Waals surface area contributed by atoms with Gasteiger partial charge in [0.1, 0.15) is 23.1 Å². The molecule has 0 atom stereocenters. The van der Waals surface area contributed by atoms with Gasteiger partial charge in [-0.25, -0.2) is 9.97 Å². The lowest BCUT2D eigenvalue weighted by Gasteiger charge is -2.10. The Morgan fingerprint density at radius 1 is 1.11 bits per heavy atom. The van der Waals surface area contributed by atoms with Crippen LogP contribution in [0.3, 0.4) is 0 Å². The van der Waals surface area contributed by atoms with Crippen LogP contribution >= 0.6 is 11.6 Å². The quantitative estimate of drug-likeness (QED) is 0.664. The third-order valence-electron chi connectivity index (χ3n) is 3.84. The maximum absolute atomic E-state index is 12.5. The number of amides is 1. The van der Waals surface area contributed by atoms with E-state index in [-0.39, 0.29) is 11.6 Å². The number of benzene rings is 2. The van der Waals surface area contributed by atoms with E-state index in [9.17, 15) is 4.79 Å². The molecule has 0 saturated carbocycles. The number of hydrogen-bond donors (Lipinski definition) is 2. The van der Waals surface area contributed by atoms with E-state index < -0.39 is 0 Å². The van der Waals surface area contributed by atoms with Gasteiger partial charge in [-0.15, -0.1) is 0 Å². The van der Waals surface area contributed by atoms with Crippen LogP contribution in [-0.2, 0) is 6.54 Å². The summed E-state index contributed by atoms with van der Waals surface area (Å²) in [5.74, 6) is 1.46. The average Bonchev–Trinajstić information content (AvgIpc) is 2.67. The van der Waals surface area contributed by atoms with Crippen LogP contribution < -0.4 is 15.4 Å². The maximum Gasteiger partial charge on any atom is 0.274 e. The number of carbonyl (C=O) groups excluding carboxylic acids is 1. The summed E-state index contributed by atoms with van der Waals surface area (Å²) in [5.41, 5.74) is 1.88. The third-order valence-corrected chi connectivity index (χ3v) is 4.20. The predicted molar refractivity (Wildman–Crippen MR) is 106 cm³/mol. The summed E-state index contributed by atoms with van der Waals surface area (Å²) in [4.78, 5) is 21.1.